The Bertz CT molecular complexity index is 409. The molecule has 0 aromatic heterocycles. The van der Waals surface area contributed by atoms with E-state index in [-0.39, 0.29) is 0 Å². The number of piperidine rings is 1. The number of nitrogens with zero attached hydrogens (tertiary/aromatic N) is 1. The van der Waals surface area contributed by atoms with Gasteiger partial charge in [-0.1, -0.05) is 37.6 Å². The average molecular weight is 281 g/mol. The fourth-order valence-electron chi connectivity index (χ4n) is 2.86. The van der Waals surface area contributed by atoms with Crippen LogP contribution in [0.5, 0.6) is 0 Å². The Hall–Kier alpha value is -0.570. The Kier molecular flexibility index (Phi) is 5.26. The molecule has 1 aromatic rings. The van der Waals surface area contributed by atoms with Gasteiger partial charge in [0.05, 0.1) is 0 Å². The van der Waals surface area contributed by atoms with Gasteiger partial charge in [0.2, 0.25) is 0 Å². The number of hydrogen-bond donors (Lipinski definition) is 1. The predicted molar refractivity (Wildman–Crippen MR) is 82.2 cm³/mol. The lowest BCUT2D eigenvalue weighted by atomic mass is 9.86. The van der Waals surface area contributed by atoms with E-state index in [4.69, 9.17) is 17.3 Å². The topological polar surface area (TPSA) is 29.3 Å². The van der Waals surface area contributed by atoms with Crippen molar-refractivity contribution >= 4 is 11.6 Å². The van der Waals surface area contributed by atoms with Crippen molar-refractivity contribution in [1.29, 1.82) is 0 Å². The second-order valence-corrected chi connectivity index (χ2v) is 6.39. The minimum atomic E-state index is 0.555. The first-order valence-electron chi connectivity index (χ1n) is 7.30. The fraction of sp³-hybridized carbons (Fsp3) is 0.625. The van der Waals surface area contributed by atoms with Crippen LogP contribution in [0.2, 0.25) is 5.02 Å². The van der Waals surface area contributed by atoms with Crippen molar-refractivity contribution in [3.05, 3.63) is 34.3 Å². The second-order valence-electron chi connectivity index (χ2n) is 5.99. The van der Waals surface area contributed by atoms with Crippen LogP contribution in [0.15, 0.2) is 18.2 Å². The van der Waals surface area contributed by atoms with E-state index in [0.29, 0.717) is 6.54 Å². The van der Waals surface area contributed by atoms with Gasteiger partial charge in [0.1, 0.15) is 0 Å². The summed E-state index contributed by atoms with van der Waals surface area (Å²) < 4.78 is 0. The van der Waals surface area contributed by atoms with Crippen molar-refractivity contribution in [2.24, 2.45) is 17.6 Å². The van der Waals surface area contributed by atoms with Crippen LogP contribution in [0.3, 0.4) is 0 Å². The van der Waals surface area contributed by atoms with Crippen LogP contribution in [0.25, 0.3) is 0 Å². The lowest BCUT2D eigenvalue weighted by molar-refractivity contribution is 0.152. The van der Waals surface area contributed by atoms with E-state index >= 15 is 0 Å². The molecule has 2 N–H and O–H groups in total. The van der Waals surface area contributed by atoms with Crippen LogP contribution < -0.4 is 5.73 Å². The quantitative estimate of drug-likeness (QED) is 0.912. The number of nitrogens with two attached hydrogens (primary N) is 1. The molecule has 2 nitrogen and oxygen atoms in total. The Labute approximate surface area is 121 Å². The van der Waals surface area contributed by atoms with Gasteiger partial charge in [0.15, 0.2) is 0 Å². The molecule has 1 fully saturated rings. The molecule has 0 aliphatic carbocycles. The zero-order valence-corrected chi connectivity index (χ0v) is 12.8. The summed E-state index contributed by atoms with van der Waals surface area (Å²) >= 11 is 6.32. The van der Waals surface area contributed by atoms with Gasteiger partial charge in [-0.3, -0.25) is 4.90 Å². The van der Waals surface area contributed by atoms with Gasteiger partial charge >= 0.3 is 0 Å². The molecule has 0 saturated carbocycles. The third-order valence-electron chi connectivity index (χ3n) is 4.32. The highest BCUT2D eigenvalue weighted by atomic mass is 35.5. The normalized spacial score (nSPS) is 18.2. The molecule has 2 rings (SSSR count). The van der Waals surface area contributed by atoms with Gasteiger partial charge in [0, 0.05) is 18.1 Å². The Balaban J connectivity index is 1.92. The first-order chi connectivity index (χ1) is 9.10. The van der Waals surface area contributed by atoms with E-state index in [1.54, 1.807) is 0 Å². The van der Waals surface area contributed by atoms with Crippen molar-refractivity contribution in [3.63, 3.8) is 0 Å². The molecular formula is C16H25ClN2. The second kappa shape index (κ2) is 6.74. The van der Waals surface area contributed by atoms with Crippen LogP contribution in [-0.4, -0.2) is 18.0 Å². The van der Waals surface area contributed by atoms with E-state index in [0.717, 1.165) is 29.0 Å². The van der Waals surface area contributed by atoms with Crippen LogP contribution in [0.4, 0.5) is 0 Å². The van der Waals surface area contributed by atoms with Gasteiger partial charge in [0.25, 0.3) is 0 Å². The standard InChI is InChI=1S/C16H25ClN2/c1-12(2)14-5-7-19(8-6-14)11-15-4-3-13(10-18)9-16(15)17/h3-4,9,12,14H,5-8,10-11,18H2,1-2H3. The SMILES string of the molecule is CC(C)C1CCN(Cc2ccc(CN)cc2Cl)CC1. The lowest BCUT2D eigenvalue weighted by Gasteiger charge is -2.34. The molecule has 0 spiro atoms. The molecule has 0 bridgehead atoms. The van der Waals surface area contributed by atoms with Crippen molar-refractivity contribution in [1.82, 2.24) is 4.90 Å². The first-order valence-corrected chi connectivity index (χ1v) is 7.67. The fourth-order valence-corrected chi connectivity index (χ4v) is 3.13. The molecule has 0 amide bonds. The maximum Gasteiger partial charge on any atom is 0.0454 e. The van der Waals surface area contributed by atoms with Crippen molar-refractivity contribution in [2.75, 3.05) is 13.1 Å². The molecule has 1 heterocycles. The molecule has 0 radical (unpaired) electrons. The number of hydrogen-bond acceptors (Lipinski definition) is 2. The molecule has 1 aliphatic rings. The summed E-state index contributed by atoms with van der Waals surface area (Å²) in [7, 11) is 0. The highest BCUT2D eigenvalue weighted by Crippen LogP contribution is 2.26. The lowest BCUT2D eigenvalue weighted by Crippen LogP contribution is -2.34. The maximum atomic E-state index is 6.32. The number of benzene rings is 1. The summed E-state index contributed by atoms with van der Waals surface area (Å²) in [6.45, 7) is 8.58. The molecule has 0 atom stereocenters. The number of rotatable bonds is 4. The molecule has 1 saturated heterocycles. The highest BCUT2D eigenvalue weighted by molar-refractivity contribution is 6.31. The Morgan fingerprint density at radius 1 is 1.32 bits per heavy atom. The summed E-state index contributed by atoms with van der Waals surface area (Å²) in [5, 5.41) is 0.855. The van der Waals surface area contributed by atoms with E-state index in [2.05, 4.69) is 30.9 Å². The van der Waals surface area contributed by atoms with Gasteiger partial charge in [-0.05, 0) is 55.0 Å². The van der Waals surface area contributed by atoms with E-state index in [9.17, 15) is 0 Å². The third-order valence-corrected chi connectivity index (χ3v) is 4.67. The Morgan fingerprint density at radius 2 is 2.00 bits per heavy atom. The summed E-state index contributed by atoms with van der Waals surface area (Å²) in [5.41, 5.74) is 7.96. The monoisotopic (exact) mass is 280 g/mol. The highest BCUT2D eigenvalue weighted by Gasteiger charge is 2.21. The summed E-state index contributed by atoms with van der Waals surface area (Å²) in [5.74, 6) is 1.71. The number of likely N-dealkylation sites (tertiary alicyclic amines) is 1. The van der Waals surface area contributed by atoms with Gasteiger partial charge < -0.3 is 5.73 Å². The van der Waals surface area contributed by atoms with Gasteiger partial charge in [-0.15, -0.1) is 0 Å². The smallest absolute Gasteiger partial charge is 0.0454 e. The van der Waals surface area contributed by atoms with E-state index in [1.807, 2.05) is 6.07 Å². The van der Waals surface area contributed by atoms with Crippen LogP contribution in [0, 0.1) is 11.8 Å². The summed E-state index contributed by atoms with van der Waals surface area (Å²) in [6.07, 6.45) is 2.63. The molecule has 3 heteroatoms. The molecule has 0 unspecified atom stereocenters. The predicted octanol–water partition coefficient (Wildman–Crippen LogP) is 3.67. The zero-order chi connectivity index (χ0) is 13.8. The summed E-state index contributed by atoms with van der Waals surface area (Å²) in [6, 6.07) is 6.21. The largest absolute Gasteiger partial charge is 0.326 e. The van der Waals surface area contributed by atoms with E-state index < -0.39 is 0 Å². The molecule has 19 heavy (non-hydrogen) atoms. The van der Waals surface area contributed by atoms with Crippen LogP contribution >= 0.6 is 11.6 Å². The van der Waals surface area contributed by atoms with Gasteiger partial charge in [-0.25, -0.2) is 0 Å². The first kappa shape index (κ1) is 14.8. The van der Waals surface area contributed by atoms with Crippen molar-refractivity contribution in [3.8, 4) is 0 Å². The molecule has 1 aromatic carbocycles. The molecular weight excluding hydrogens is 256 g/mol. The molecule has 106 valence electrons. The van der Waals surface area contributed by atoms with Crippen molar-refractivity contribution < 1.29 is 0 Å². The zero-order valence-electron chi connectivity index (χ0n) is 12.0. The summed E-state index contributed by atoms with van der Waals surface area (Å²) in [4.78, 5) is 2.52. The minimum absolute atomic E-state index is 0.555. The maximum absolute atomic E-state index is 6.32. The average Bonchev–Trinajstić information content (AvgIpc) is 2.41. The third kappa shape index (κ3) is 3.95. The Morgan fingerprint density at radius 3 is 2.53 bits per heavy atom. The van der Waals surface area contributed by atoms with Crippen LogP contribution in [0.1, 0.15) is 37.8 Å². The van der Waals surface area contributed by atoms with Crippen LogP contribution in [-0.2, 0) is 13.1 Å². The van der Waals surface area contributed by atoms with E-state index in [1.165, 1.54) is 31.5 Å². The minimum Gasteiger partial charge on any atom is -0.326 e. The van der Waals surface area contributed by atoms with Crippen molar-refractivity contribution in [2.45, 2.75) is 39.8 Å². The van der Waals surface area contributed by atoms with Gasteiger partial charge in [-0.2, -0.15) is 0 Å². The number of halogens is 1. The molecule has 1 aliphatic heterocycles.